The first-order chi connectivity index (χ1) is 15.4. The lowest BCUT2D eigenvalue weighted by Gasteiger charge is -2.30. The van der Waals surface area contributed by atoms with E-state index in [0.29, 0.717) is 5.95 Å². The molecule has 2 amide bonds. The maximum Gasteiger partial charge on any atom is 0.319 e. The summed E-state index contributed by atoms with van der Waals surface area (Å²) >= 11 is 0. The van der Waals surface area contributed by atoms with Crippen LogP contribution in [0.5, 0.6) is 0 Å². The number of hydrogen-bond acceptors (Lipinski definition) is 5. The molecule has 9 heteroatoms. The number of fused-ring (bicyclic) bond motifs is 1. The van der Waals surface area contributed by atoms with Gasteiger partial charge < -0.3 is 20.9 Å². The molecule has 1 aliphatic rings. The second kappa shape index (κ2) is 9.33. The molecule has 0 unspecified atom stereocenters. The SMILES string of the molecule is CN(C)c1nc(NC2CCC(NC(=O)Nc3ccc(F)c(F)c3)CC2)nc2ccccc12. The van der Waals surface area contributed by atoms with Gasteiger partial charge in [0.05, 0.1) is 5.52 Å². The van der Waals surface area contributed by atoms with Crippen LogP contribution in [0.4, 0.5) is 31.0 Å². The molecule has 3 N–H and O–H groups in total. The molecule has 4 rings (SSSR count). The fourth-order valence-corrected chi connectivity index (χ4v) is 3.96. The zero-order chi connectivity index (χ0) is 22.7. The highest BCUT2D eigenvalue weighted by atomic mass is 19.2. The van der Waals surface area contributed by atoms with Crippen LogP contribution in [0.15, 0.2) is 42.5 Å². The van der Waals surface area contributed by atoms with Gasteiger partial charge in [0.25, 0.3) is 0 Å². The number of amides is 2. The third-order valence-corrected chi connectivity index (χ3v) is 5.58. The molecule has 1 fully saturated rings. The second-order valence-corrected chi connectivity index (χ2v) is 8.20. The van der Waals surface area contributed by atoms with Crippen LogP contribution >= 0.6 is 0 Å². The van der Waals surface area contributed by atoms with Gasteiger partial charge in [0.2, 0.25) is 5.95 Å². The highest BCUT2D eigenvalue weighted by molar-refractivity contribution is 5.90. The number of urea groups is 1. The van der Waals surface area contributed by atoms with Gasteiger partial charge in [-0.2, -0.15) is 4.98 Å². The molecule has 0 radical (unpaired) electrons. The van der Waals surface area contributed by atoms with Crippen molar-refractivity contribution in [3.63, 3.8) is 0 Å². The first kappa shape index (κ1) is 21.7. The molecule has 0 aliphatic heterocycles. The second-order valence-electron chi connectivity index (χ2n) is 8.20. The molecular formula is C23H26F2N6O. The summed E-state index contributed by atoms with van der Waals surface area (Å²) in [4.78, 5) is 23.5. The van der Waals surface area contributed by atoms with E-state index in [1.807, 2.05) is 43.3 Å². The van der Waals surface area contributed by atoms with Crippen molar-refractivity contribution in [3.05, 3.63) is 54.1 Å². The molecule has 1 aliphatic carbocycles. The zero-order valence-electron chi connectivity index (χ0n) is 18.0. The molecule has 0 spiro atoms. The Morgan fingerprint density at radius 3 is 2.41 bits per heavy atom. The van der Waals surface area contributed by atoms with Crippen LogP contribution in [0.25, 0.3) is 10.9 Å². The van der Waals surface area contributed by atoms with Crippen molar-refractivity contribution in [1.82, 2.24) is 15.3 Å². The zero-order valence-corrected chi connectivity index (χ0v) is 18.0. The minimum atomic E-state index is -0.997. The van der Waals surface area contributed by atoms with Crippen molar-refractivity contribution in [1.29, 1.82) is 0 Å². The molecule has 2 aromatic carbocycles. The quantitative estimate of drug-likeness (QED) is 0.544. The standard InChI is InChI=1S/C23H26F2N6O/c1-31(2)21-17-5-3-4-6-20(17)29-22(30-21)26-14-7-9-15(10-8-14)27-23(32)28-16-11-12-18(24)19(25)13-16/h3-6,11-15H,7-10H2,1-2H3,(H,26,29,30)(H2,27,28,32). The summed E-state index contributed by atoms with van der Waals surface area (Å²) in [6.45, 7) is 0. The molecule has 0 saturated heterocycles. The molecule has 0 atom stereocenters. The van der Waals surface area contributed by atoms with Gasteiger partial charge in [-0.05, 0) is 49.9 Å². The molecule has 168 valence electrons. The minimum Gasteiger partial charge on any atom is -0.362 e. The van der Waals surface area contributed by atoms with Crippen LogP contribution in [0, 0.1) is 11.6 Å². The van der Waals surface area contributed by atoms with Crippen molar-refractivity contribution >= 4 is 34.4 Å². The first-order valence-corrected chi connectivity index (χ1v) is 10.6. The van der Waals surface area contributed by atoms with E-state index in [1.165, 1.54) is 6.07 Å². The van der Waals surface area contributed by atoms with E-state index in [1.54, 1.807) is 0 Å². The average Bonchev–Trinajstić information content (AvgIpc) is 2.77. The van der Waals surface area contributed by atoms with Gasteiger partial charge >= 0.3 is 6.03 Å². The normalized spacial score (nSPS) is 18.2. The highest BCUT2D eigenvalue weighted by Gasteiger charge is 2.23. The van der Waals surface area contributed by atoms with E-state index in [4.69, 9.17) is 0 Å². The Labute approximate surface area is 185 Å². The smallest absolute Gasteiger partial charge is 0.319 e. The van der Waals surface area contributed by atoms with Crippen LogP contribution in [0.1, 0.15) is 25.7 Å². The maximum absolute atomic E-state index is 13.3. The number of hydrogen-bond donors (Lipinski definition) is 3. The Kier molecular flexibility index (Phi) is 6.34. The number of rotatable bonds is 5. The van der Waals surface area contributed by atoms with E-state index in [0.717, 1.165) is 54.5 Å². The number of anilines is 3. The maximum atomic E-state index is 13.3. The topological polar surface area (TPSA) is 82.2 Å². The van der Waals surface area contributed by atoms with Crippen LogP contribution in [-0.4, -0.2) is 42.2 Å². The van der Waals surface area contributed by atoms with E-state index in [2.05, 4.69) is 25.9 Å². The largest absolute Gasteiger partial charge is 0.362 e. The summed E-state index contributed by atoms with van der Waals surface area (Å²) in [7, 11) is 3.92. The van der Waals surface area contributed by atoms with Crippen molar-refractivity contribution < 1.29 is 13.6 Å². The monoisotopic (exact) mass is 440 g/mol. The van der Waals surface area contributed by atoms with Crippen LogP contribution in [-0.2, 0) is 0 Å². The lowest BCUT2D eigenvalue weighted by atomic mass is 9.91. The summed E-state index contributed by atoms with van der Waals surface area (Å²) in [5.41, 5.74) is 1.10. The van der Waals surface area contributed by atoms with Gasteiger partial charge in [0.15, 0.2) is 11.6 Å². The minimum absolute atomic E-state index is 0.00760. The summed E-state index contributed by atoms with van der Waals surface area (Å²) in [6.07, 6.45) is 3.28. The first-order valence-electron chi connectivity index (χ1n) is 10.6. The molecule has 1 heterocycles. The predicted molar refractivity (Wildman–Crippen MR) is 122 cm³/mol. The van der Waals surface area contributed by atoms with Crippen LogP contribution < -0.4 is 20.9 Å². The number of nitrogens with zero attached hydrogens (tertiary/aromatic N) is 3. The summed E-state index contributed by atoms with van der Waals surface area (Å²) in [5, 5.41) is 9.89. The van der Waals surface area contributed by atoms with Gasteiger partial charge in [0.1, 0.15) is 5.82 Å². The molecule has 3 aromatic rings. The van der Waals surface area contributed by atoms with Crippen molar-refractivity contribution in [2.24, 2.45) is 0 Å². The van der Waals surface area contributed by atoms with Crippen molar-refractivity contribution in [2.75, 3.05) is 29.6 Å². The lowest BCUT2D eigenvalue weighted by molar-refractivity contribution is 0.243. The number of carbonyl (C=O) groups excluding carboxylic acids is 1. The molecule has 1 saturated carbocycles. The number of benzene rings is 2. The van der Waals surface area contributed by atoms with Crippen molar-refractivity contribution in [3.8, 4) is 0 Å². The summed E-state index contributed by atoms with van der Waals surface area (Å²) < 4.78 is 26.3. The fourth-order valence-electron chi connectivity index (χ4n) is 3.96. The van der Waals surface area contributed by atoms with Crippen molar-refractivity contribution in [2.45, 2.75) is 37.8 Å². The predicted octanol–water partition coefficient (Wildman–Crippen LogP) is 4.52. The molecular weight excluding hydrogens is 414 g/mol. The van der Waals surface area contributed by atoms with Gasteiger partial charge in [-0.3, -0.25) is 0 Å². The van der Waals surface area contributed by atoms with Gasteiger partial charge in [-0.15, -0.1) is 0 Å². The lowest BCUT2D eigenvalue weighted by Crippen LogP contribution is -2.42. The Morgan fingerprint density at radius 2 is 1.69 bits per heavy atom. The van der Waals surface area contributed by atoms with E-state index in [-0.39, 0.29) is 17.8 Å². The van der Waals surface area contributed by atoms with Gasteiger partial charge in [-0.1, -0.05) is 12.1 Å². The fraction of sp³-hybridized carbons (Fsp3) is 0.348. The Hall–Kier alpha value is -3.49. The molecule has 7 nitrogen and oxygen atoms in total. The van der Waals surface area contributed by atoms with Crippen LogP contribution in [0.3, 0.4) is 0 Å². The molecule has 0 bridgehead atoms. The number of aromatic nitrogens is 2. The molecule has 32 heavy (non-hydrogen) atoms. The Balaban J connectivity index is 1.32. The summed E-state index contributed by atoms with van der Waals surface area (Å²) in [5.74, 6) is -0.486. The van der Waals surface area contributed by atoms with Crippen LogP contribution in [0.2, 0.25) is 0 Å². The third kappa shape index (κ3) is 5.04. The highest BCUT2D eigenvalue weighted by Crippen LogP contribution is 2.26. The van der Waals surface area contributed by atoms with E-state index >= 15 is 0 Å². The summed E-state index contributed by atoms with van der Waals surface area (Å²) in [6, 6.07) is 11.0. The van der Waals surface area contributed by atoms with Gasteiger partial charge in [0, 0.05) is 43.3 Å². The Morgan fingerprint density at radius 1 is 0.969 bits per heavy atom. The molecule has 1 aromatic heterocycles. The third-order valence-electron chi connectivity index (χ3n) is 5.58. The number of para-hydroxylation sites is 1. The average molecular weight is 440 g/mol. The van der Waals surface area contributed by atoms with Gasteiger partial charge in [-0.25, -0.2) is 18.6 Å². The number of nitrogens with one attached hydrogen (secondary N) is 3. The van der Waals surface area contributed by atoms with E-state index < -0.39 is 17.7 Å². The van der Waals surface area contributed by atoms with E-state index in [9.17, 15) is 13.6 Å². The Bertz CT molecular complexity index is 1110. The number of halogens is 2. The number of carbonyl (C=O) groups is 1.